The maximum Gasteiger partial charge on any atom is 0.237 e. The molecule has 0 saturated carbocycles. The molecule has 0 aromatic carbocycles. The molecule has 0 radical (unpaired) electrons. The second-order valence-corrected chi connectivity index (χ2v) is 4.71. The van der Waals surface area contributed by atoms with Crippen LogP contribution < -0.4 is 16.4 Å². The minimum absolute atomic E-state index is 0.230. The third-order valence-corrected chi connectivity index (χ3v) is 3.62. The molecule has 1 atom stereocenters. The maximum atomic E-state index is 11.6. The first-order valence-corrected chi connectivity index (χ1v) is 6.10. The lowest BCUT2D eigenvalue weighted by atomic mass is 9.87. The molecule has 2 aliphatic rings. The molecule has 0 aliphatic carbocycles. The number of hydrogen-bond donors (Lipinski definition) is 3. The van der Waals surface area contributed by atoms with Crippen LogP contribution in [0, 0.1) is 0 Å². The van der Waals surface area contributed by atoms with Gasteiger partial charge in [0.1, 0.15) is 5.54 Å². The lowest BCUT2D eigenvalue weighted by Crippen LogP contribution is -2.61. The molecule has 92 valence electrons. The average Bonchev–Trinajstić information content (AvgIpc) is 2.80. The van der Waals surface area contributed by atoms with Gasteiger partial charge in [-0.2, -0.15) is 0 Å². The van der Waals surface area contributed by atoms with Gasteiger partial charge in [0.2, 0.25) is 5.91 Å². The topological polar surface area (TPSA) is 76.4 Å². The largest absolute Gasteiger partial charge is 0.377 e. The second kappa shape index (κ2) is 5.12. The number of carbonyl (C=O) groups excluding carboxylic acids is 1. The van der Waals surface area contributed by atoms with E-state index in [4.69, 9.17) is 10.5 Å². The summed E-state index contributed by atoms with van der Waals surface area (Å²) in [5.74, 6) is -0.230. The zero-order valence-electron chi connectivity index (χ0n) is 9.63. The van der Waals surface area contributed by atoms with Crippen molar-refractivity contribution in [1.82, 2.24) is 10.6 Å². The molecule has 1 unspecified atom stereocenters. The van der Waals surface area contributed by atoms with E-state index in [-0.39, 0.29) is 12.0 Å². The SMILES string of the molecule is NC(=O)C1(NCC2CCCO2)CCNCC1. The van der Waals surface area contributed by atoms with E-state index in [9.17, 15) is 4.79 Å². The summed E-state index contributed by atoms with van der Waals surface area (Å²) in [4.78, 5) is 11.6. The third-order valence-electron chi connectivity index (χ3n) is 3.62. The molecular formula is C11H21N3O2. The molecule has 1 amide bonds. The Morgan fingerprint density at radius 1 is 1.50 bits per heavy atom. The average molecular weight is 227 g/mol. The van der Waals surface area contributed by atoms with Gasteiger partial charge in [-0.25, -0.2) is 0 Å². The molecule has 2 aliphatic heterocycles. The van der Waals surface area contributed by atoms with Gasteiger partial charge in [0.15, 0.2) is 0 Å². The van der Waals surface area contributed by atoms with Crippen LogP contribution >= 0.6 is 0 Å². The van der Waals surface area contributed by atoms with Crippen molar-refractivity contribution in [3.05, 3.63) is 0 Å². The molecule has 0 aromatic heterocycles. The minimum atomic E-state index is -0.517. The first-order chi connectivity index (χ1) is 7.73. The van der Waals surface area contributed by atoms with Crippen LogP contribution in [0.25, 0.3) is 0 Å². The fourth-order valence-electron chi connectivity index (χ4n) is 2.48. The fraction of sp³-hybridized carbons (Fsp3) is 0.909. The Balaban J connectivity index is 1.88. The van der Waals surface area contributed by atoms with Gasteiger partial charge in [-0.05, 0) is 38.8 Å². The summed E-state index contributed by atoms with van der Waals surface area (Å²) >= 11 is 0. The highest BCUT2D eigenvalue weighted by atomic mass is 16.5. The van der Waals surface area contributed by atoms with E-state index in [1.54, 1.807) is 0 Å². The third kappa shape index (κ3) is 2.53. The normalized spacial score (nSPS) is 29.1. The molecule has 5 heteroatoms. The Bertz CT molecular complexity index is 246. The highest BCUT2D eigenvalue weighted by Gasteiger charge is 2.38. The highest BCUT2D eigenvalue weighted by Crippen LogP contribution is 2.19. The zero-order chi connectivity index (χ0) is 11.4. The summed E-state index contributed by atoms with van der Waals surface area (Å²) < 4.78 is 5.54. The molecule has 16 heavy (non-hydrogen) atoms. The number of nitrogens with two attached hydrogens (primary N) is 1. The number of nitrogens with one attached hydrogen (secondary N) is 2. The molecule has 0 bridgehead atoms. The van der Waals surface area contributed by atoms with Gasteiger partial charge in [0.05, 0.1) is 6.10 Å². The van der Waals surface area contributed by atoms with Crippen LogP contribution in [0.1, 0.15) is 25.7 Å². The van der Waals surface area contributed by atoms with E-state index >= 15 is 0 Å². The number of rotatable bonds is 4. The van der Waals surface area contributed by atoms with Crippen molar-refractivity contribution in [2.45, 2.75) is 37.3 Å². The van der Waals surface area contributed by atoms with Crippen LogP contribution in [0.3, 0.4) is 0 Å². The number of ether oxygens (including phenoxy) is 1. The zero-order valence-corrected chi connectivity index (χ0v) is 9.63. The van der Waals surface area contributed by atoms with Crippen molar-refractivity contribution in [2.24, 2.45) is 5.73 Å². The Morgan fingerprint density at radius 2 is 2.25 bits per heavy atom. The van der Waals surface area contributed by atoms with E-state index in [0.717, 1.165) is 51.9 Å². The van der Waals surface area contributed by atoms with Crippen LogP contribution in [0.4, 0.5) is 0 Å². The van der Waals surface area contributed by atoms with Crippen molar-refractivity contribution in [3.63, 3.8) is 0 Å². The van der Waals surface area contributed by atoms with Gasteiger partial charge in [-0.3, -0.25) is 4.79 Å². The lowest BCUT2D eigenvalue weighted by molar-refractivity contribution is -0.125. The van der Waals surface area contributed by atoms with Crippen LogP contribution in [0.15, 0.2) is 0 Å². The Hall–Kier alpha value is -0.650. The fourth-order valence-corrected chi connectivity index (χ4v) is 2.48. The van der Waals surface area contributed by atoms with Crippen molar-refractivity contribution in [1.29, 1.82) is 0 Å². The molecule has 2 heterocycles. The predicted octanol–water partition coefficient (Wildman–Crippen LogP) is -0.637. The first-order valence-electron chi connectivity index (χ1n) is 6.10. The summed E-state index contributed by atoms with van der Waals surface area (Å²) in [6.45, 7) is 3.28. The predicted molar refractivity (Wildman–Crippen MR) is 61.0 cm³/mol. The van der Waals surface area contributed by atoms with E-state index in [1.807, 2.05) is 0 Å². The lowest BCUT2D eigenvalue weighted by Gasteiger charge is -2.36. The van der Waals surface area contributed by atoms with Gasteiger partial charge >= 0.3 is 0 Å². The molecule has 2 rings (SSSR count). The summed E-state index contributed by atoms with van der Waals surface area (Å²) in [5.41, 5.74) is 5.00. The molecule has 2 fully saturated rings. The van der Waals surface area contributed by atoms with Gasteiger partial charge < -0.3 is 21.1 Å². The smallest absolute Gasteiger partial charge is 0.237 e. The van der Waals surface area contributed by atoms with E-state index in [1.165, 1.54) is 0 Å². The van der Waals surface area contributed by atoms with Crippen LogP contribution in [0.5, 0.6) is 0 Å². The van der Waals surface area contributed by atoms with Gasteiger partial charge in [0.25, 0.3) is 0 Å². The molecular weight excluding hydrogens is 206 g/mol. The van der Waals surface area contributed by atoms with Gasteiger partial charge in [0, 0.05) is 13.2 Å². The number of carbonyl (C=O) groups is 1. The molecule has 0 aromatic rings. The Labute approximate surface area is 96.1 Å². The molecule has 0 spiro atoms. The standard InChI is InChI=1S/C11H21N3O2/c12-10(15)11(3-5-13-6-4-11)14-8-9-2-1-7-16-9/h9,13-14H,1-8H2,(H2,12,15). The summed E-state index contributed by atoms with van der Waals surface area (Å²) in [6, 6.07) is 0. The summed E-state index contributed by atoms with van der Waals surface area (Å²) in [6.07, 6.45) is 4.01. The number of hydrogen-bond acceptors (Lipinski definition) is 4. The van der Waals surface area contributed by atoms with Crippen molar-refractivity contribution < 1.29 is 9.53 Å². The number of amides is 1. The van der Waals surface area contributed by atoms with Gasteiger partial charge in [-0.15, -0.1) is 0 Å². The first kappa shape index (κ1) is 11.8. The van der Waals surface area contributed by atoms with Crippen LogP contribution in [-0.2, 0) is 9.53 Å². The number of primary amides is 1. The van der Waals surface area contributed by atoms with Gasteiger partial charge in [-0.1, -0.05) is 0 Å². The summed E-state index contributed by atoms with van der Waals surface area (Å²) in [5, 5.41) is 6.58. The van der Waals surface area contributed by atoms with Crippen LogP contribution in [0.2, 0.25) is 0 Å². The second-order valence-electron chi connectivity index (χ2n) is 4.71. The van der Waals surface area contributed by atoms with Crippen molar-refractivity contribution >= 4 is 5.91 Å². The Kier molecular flexibility index (Phi) is 3.78. The monoisotopic (exact) mass is 227 g/mol. The molecule has 5 nitrogen and oxygen atoms in total. The molecule has 4 N–H and O–H groups in total. The van der Waals surface area contributed by atoms with E-state index < -0.39 is 5.54 Å². The van der Waals surface area contributed by atoms with Crippen molar-refractivity contribution in [2.75, 3.05) is 26.2 Å². The van der Waals surface area contributed by atoms with E-state index in [2.05, 4.69) is 10.6 Å². The van der Waals surface area contributed by atoms with Crippen LogP contribution in [-0.4, -0.2) is 43.8 Å². The highest BCUT2D eigenvalue weighted by molar-refractivity contribution is 5.84. The number of piperidine rings is 1. The quantitative estimate of drug-likeness (QED) is 0.597. The van der Waals surface area contributed by atoms with E-state index in [0.29, 0.717) is 0 Å². The minimum Gasteiger partial charge on any atom is -0.377 e. The van der Waals surface area contributed by atoms with Crippen molar-refractivity contribution in [3.8, 4) is 0 Å². The summed E-state index contributed by atoms with van der Waals surface area (Å²) in [7, 11) is 0. The maximum absolute atomic E-state index is 11.6. The Morgan fingerprint density at radius 3 is 2.81 bits per heavy atom. The molecule has 2 saturated heterocycles.